The SMILES string of the molecule is COCC(=O)Nc1cnccc1Nc1cc(-c2cc(C)ccc2F)nc2ccccc12. The van der Waals surface area contributed by atoms with E-state index in [4.69, 9.17) is 4.74 Å². The number of fused-ring (bicyclic) bond motifs is 1. The minimum atomic E-state index is -0.337. The molecule has 31 heavy (non-hydrogen) atoms. The summed E-state index contributed by atoms with van der Waals surface area (Å²) in [6, 6.07) is 16.1. The maximum Gasteiger partial charge on any atom is 0.250 e. The Morgan fingerprint density at radius 1 is 1.06 bits per heavy atom. The highest BCUT2D eigenvalue weighted by atomic mass is 19.1. The third-order valence-corrected chi connectivity index (χ3v) is 4.75. The van der Waals surface area contributed by atoms with E-state index in [0.717, 1.165) is 22.2 Å². The fourth-order valence-electron chi connectivity index (χ4n) is 3.32. The third kappa shape index (κ3) is 4.51. The summed E-state index contributed by atoms with van der Waals surface area (Å²) in [5, 5.41) is 6.99. The molecule has 0 bridgehead atoms. The molecular formula is C24H21FN4O2. The van der Waals surface area contributed by atoms with Crippen LogP contribution < -0.4 is 10.6 Å². The van der Waals surface area contributed by atoms with E-state index in [9.17, 15) is 9.18 Å². The number of hydrogen-bond donors (Lipinski definition) is 2. The van der Waals surface area contributed by atoms with Gasteiger partial charge in [0.25, 0.3) is 0 Å². The van der Waals surface area contributed by atoms with E-state index < -0.39 is 0 Å². The molecule has 4 rings (SSSR count). The summed E-state index contributed by atoms with van der Waals surface area (Å²) in [6.07, 6.45) is 3.18. The zero-order valence-corrected chi connectivity index (χ0v) is 17.1. The number of rotatable bonds is 6. The second-order valence-electron chi connectivity index (χ2n) is 7.08. The van der Waals surface area contributed by atoms with Crippen LogP contribution >= 0.6 is 0 Å². The number of amides is 1. The molecule has 0 atom stereocenters. The number of nitrogens with zero attached hydrogens (tertiary/aromatic N) is 2. The molecular weight excluding hydrogens is 395 g/mol. The molecule has 1 amide bonds. The molecule has 0 aliphatic rings. The van der Waals surface area contributed by atoms with Gasteiger partial charge in [0.05, 0.1) is 34.5 Å². The molecule has 2 aromatic heterocycles. The Labute approximate surface area is 179 Å². The second-order valence-corrected chi connectivity index (χ2v) is 7.08. The van der Waals surface area contributed by atoms with Crippen LogP contribution in [0.5, 0.6) is 0 Å². The van der Waals surface area contributed by atoms with Crippen molar-refractivity contribution in [2.45, 2.75) is 6.92 Å². The predicted molar refractivity (Wildman–Crippen MR) is 120 cm³/mol. The van der Waals surface area contributed by atoms with Gasteiger partial charge in [-0.2, -0.15) is 0 Å². The van der Waals surface area contributed by atoms with E-state index >= 15 is 0 Å². The first-order valence-corrected chi connectivity index (χ1v) is 9.71. The van der Waals surface area contributed by atoms with Gasteiger partial charge < -0.3 is 15.4 Å². The van der Waals surface area contributed by atoms with E-state index in [0.29, 0.717) is 22.6 Å². The van der Waals surface area contributed by atoms with Gasteiger partial charge >= 0.3 is 0 Å². The molecule has 4 aromatic rings. The lowest BCUT2D eigenvalue weighted by Crippen LogP contribution is -2.18. The van der Waals surface area contributed by atoms with Crippen molar-refractivity contribution in [2.75, 3.05) is 24.4 Å². The van der Waals surface area contributed by atoms with Gasteiger partial charge in [0.1, 0.15) is 12.4 Å². The van der Waals surface area contributed by atoms with Crippen LogP contribution in [0.15, 0.2) is 67.0 Å². The number of benzene rings is 2. The first-order valence-electron chi connectivity index (χ1n) is 9.71. The van der Waals surface area contributed by atoms with Crippen LogP contribution in [0.4, 0.5) is 21.5 Å². The molecule has 2 aromatic carbocycles. The van der Waals surface area contributed by atoms with E-state index in [2.05, 4.69) is 20.6 Å². The maximum atomic E-state index is 14.6. The fourth-order valence-corrected chi connectivity index (χ4v) is 3.32. The summed E-state index contributed by atoms with van der Waals surface area (Å²) in [5.41, 5.74) is 4.49. The number of aromatic nitrogens is 2. The molecule has 2 N–H and O–H groups in total. The Balaban J connectivity index is 1.80. The quantitative estimate of drug-likeness (QED) is 0.459. The van der Waals surface area contributed by atoms with Gasteiger partial charge in [0.15, 0.2) is 0 Å². The summed E-state index contributed by atoms with van der Waals surface area (Å²) in [5.74, 6) is -0.628. The maximum absolute atomic E-state index is 14.6. The Morgan fingerprint density at radius 3 is 2.74 bits per heavy atom. The monoisotopic (exact) mass is 416 g/mol. The highest BCUT2D eigenvalue weighted by molar-refractivity contribution is 5.99. The normalized spacial score (nSPS) is 10.8. The minimum Gasteiger partial charge on any atom is -0.375 e. The van der Waals surface area contributed by atoms with Crippen molar-refractivity contribution in [3.05, 3.63) is 78.4 Å². The van der Waals surface area contributed by atoms with E-state index in [1.807, 2.05) is 31.2 Å². The molecule has 2 heterocycles. The van der Waals surface area contributed by atoms with Crippen LogP contribution in [0.2, 0.25) is 0 Å². The van der Waals surface area contributed by atoms with Gasteiger partial charge in [-0.25, -0.2) is 9.37 Å². The number of carbonyl (C=O) groups is 1. The summed E-state index contributed by atoms with van der Waals surface area (Å²) in [7, 11) is 1.46. The van der Waals surface area contributed by atoms with Crippen molar-refractivity contribution in [3.8, 4) is 11.3 Å². The number of hydrogen-bond acceptors (Lipinski definition) is 5. The van der Waals surface area contributed by atoms with Crippen LogP contribution in [0.25, 0.3) is 22.2 Å². The first kappa shape index (κ1) is 20.4. The third-order valence-electron chi connectivity index (χ3n) is 4.75. The van der Waals surface area contributed by atoms with Crippen LogP contribution in [-0.2, 0) is 9.53 Å². The van der Waals surface area contributed by atoms with Crippen LogP contribution in [0.3, 0.4) is 0 Å². The zero-order chi connectivity index (χ0) is 21.8. The Bertz CT molecular complexity index is 1260. The molecule has 0 saturated heterocycles. The number of anilines is 3. The van der Waals surface area contributed by atoms with Crippen molar-refractivity contribution in [2.24, 2.45) is 0 Å². The van der Waals surface area contributed by atoms with Gasteiger partial charge in [-0.05, 0) is 37.3 Å². The van der Waals surface area contributed by atoms with Crippen LogP contribution in [-0.4, -0.2) is 29.6 Å². The number of halogens is 1. The number of ether oxygens (including phenoxy) is 1. The summed E-state index contributed by atoms with van der Waals surface area (Å²) in [4.78, 5) is 20.8. The van der Waals surface area contributed by atoms with E-state index in [1.54, 1.807) is 36.7 Å². The average Bonchev–Trinajstić information content (AvgIpc) is 2.77. The number of pyridine rings is 2. The number of carbonyl (C=O) groups excluding carboxylic acids is 1. The second kappa shape index (κ2) is 8.89. The van der Waals surface area contributed by atoms with E-state index in [1.165, 1.54) is 13.2 Å². The molecule has 156 valence electrons. The van der Waals surface area contributed by atoms with Crippen molar-refractivity contribution in [1.82, 2.24) is 9.97 Å². The van der Waals surface area contributed by atoms with Crippen LogP contribution in [0, 0.1) is 12.7 Å². The van der Waals surface area contributed by atoms with Gasteiger partial charge in [-0.15, -0.1) is 0 Å². The Kier molecular flexibility index (Phi) is 5.86. The van der Waals surface area contributed by atoms with E-state index in [-0.39, 0.29) is 18.3 Å². The molecule has 0 unspecified atom stereocenters. The number of nitrogens with one attached hydrogen (secondary N) is 2. The highest BCUT2D eigenvalue weighted by Gasteiger charge is 2.13. The number of methoxy groups -OCH3 is 1. The van der Waals surface area contributed by atoms with Crippen molar-refractivity contribution in [3.63, 3.8) is 0 Å². The smallest absolute Gasteiger partial charge is 0.250 e. The molecule has 0 saturated carbocycles. The van der Waals surface area contributed by atoms with Crippen LogP contribution in [0.1, 0.15) is 5.56 Å². The largest absolute Gasteiger partial charge is 0.375 e. The number of para-hydroxylation sites is 1. The summed E-state index contributed by atoms with van der Waals surface area (Å²) < 4.78 is 19.4. The predicted octanol–water partition coefficient (Wildman–Crippen LogP) is 5.07. The van der Waals surface area contributed by atoms with Crippen molar-refractivity contribution in [1.29, 1.82) is 0 Å². The molecule has 6 nitrogen and oxygen atoms in total. The van der Waals surface area contributed by atoms with Gasteiger partial charge in [-0.1, -0.05) is 29.8 Å². The lowest BCUT2D eigenvalue weighted by Gasteiger charge is -2.15. The summed E-state index contributed by atoms with van der Waals surface area (Å²) in [6.45, 7) is 1.85. The molecule has 0 aliphatic carbocycles. The summed E-state index contributed by atoms with van der Waals surface area (Å²) >= 11 is 0. The van der Waals surface area contributed by atoms with Gasteiger partial charge in [0.2, 0.25) is 5.91 Å². The lowest BCUT2D eigenvalue weighted by atomic mass is 10.0. The minimum absolute atomic E-state index is 0.0662. The first-order chi connectivity index (χ1) is 15.0. The standard InChI is InChI=1S/C24H21FN4O2/c1-15-7-8-18(25)17(11-15)22-12-21(16-5-3-4-6-19(16)27-22)28-20-9-10-26-13-23(20)29-24(30)14-31-2/h3-13H,14H2,1-2H3,(H,29,30)(H,26,27,28). The Morgan fingerprint density at radius 2 is 1.90 bits per heavy atom. The number of aryl methyl sites for hydroxylation is 1. The van der Waals surface area contributed by atoms with Crippen molar-refractivity contribution < 1.29 is 13.9 Å². The van der Waals surface area contributed by atoms with Crippen molar-refractivity contribution >= 4 is 33.9 Å². The molecule has 0 fully saturated rings. The van der Waals surface area contributed by atoms with Gasteiger partial charge in [-0.3, -0.25) is 9.78 Å². The Hall–Kier alpha value is -3.84. The topological polar surface area (TPSA) is 76.1 Å². The molecule has 7 heteroatoms. The van der Waals surface area contributed by atoms with Gasteiger partial charge in [0, 0.05) is 24.3 Å². The lowest BCUT2D eigenvalue weighted by molar-refractivity contribution is -0.119. The zero-order valence-electron chi connectivity index (χ0n) is 17.1. The average molecular weight is 416 g/mol. The highest BCUT2D eigenvalue weighted by Crippen LogP contribution is 2.33. The molecule has 0 aliphatic heterocycles. The fraction of sp³-hybridized carbons (Fsp3) is 0.125. The molecule has 0 spiro atoms. The molecule has 0 radical (unpaired) electrons.